The summed E-state index contributed by atoms with van der Waals surface area (Å²) in [6.45, 7) is 3.92. The first-order chi connectivity index (χ1) is 12.1. The molecule has 5 heteroatoms. The van der Waals surface area contributed by atoms with Gasteiger partial charge in [-0.3, -0.25) is 4.79 Å². The standard InChI is InChI=1S/C20H20N2OS2/c1-14(16-9-5-3-6-10-16)21-19(23)15(2)25-20-22-18(13-24-20)17-11-7-4-8-12-17/h3-15H,1-2H3,(H,21,23). The van der Waals surface area contributed by atoms with Crippen molar-refractivity contribution in [1.29, 1.82) is 0 Å². The maximum atomic E-state index is 12.5. The van der Waals surface area contributed by atoms with Crippen LogP contribution in [0, 0.1) is 0 Å². The lowest BCUT2D eigenvalue weighted by molar-refractivity contribution is -0.120. The van der Waals surface area contributed by atoms with Gasteiger partial charge < -0.3 is 5.32 Å². The van der Waals surface area contributed by atoms with E-state index in [1.807, 2.05) is 79.9 Å². The highest BCUT2D eigenvalue weighted by Gasteiger charge is 2.19. The van der Waals surface area contributed by atoms with Gasteiger partial charge in [-0.1, -0.05) is 72.4 Å². The zero-order valence-corrected chi connectivity index (χ0v) is 15.8. The molecule has 3 nitrogen and oxygen atoms in total. The Morgan fingerprint density at radius 3 is 2.36 bits per heavy atom. The van der Waals surface area contributed by atoms with E-state index in [9.17, 15) is 4.79 Å². The second-order valence-corrected chi connectivity index (χ2v) is 8.21. The number of thioether (sulfide) groups is 1. The van der Waals surface area contributed by atoms with E-state index < -0.39 is 0 Å². The van der Waals surface area contributed by atoms with Crippen molar-refractivity contribution in [2.24, 2.45) is 0 Å². The third-order valence-electron chi connectivity index (χ3n) is 3.86. The predicted octanol–water partition coefficient (Wildman–Crippen LogP) is 5.17. The summed E-state index contributed by atoms with van der Waals surface area (Å²) in [6.07, 6.45) is 0. The predicted molar refractivity (Wildman–Crippen MR) is 106 cm³/mol. The smallest absolute Gasteiger partial charge is 0.233 e. The summed E-state index contributed by atoms with van der Waals surface area (Å²) in [5.41, 5.74) is 3.16. The largest absolute Gasteiger partial charge is 0.349 e. The molecule has 2 aromatic carbocycles. The topological polar surface area (TPSA) is 42.0 Å². The number of hydrogen-bond donors (Lipinski definition) is 1. The van der Waals surface area contributed by atoms with Crippen LogP contribution in [-0.2, 0) is 4.79 Å². The number of nitrogens with one attached hydrogen (secondary N) is 1. The van der Waals surface area contributed by atoms with Crippen molar-refractivity contribution in [3.63, 3.8) is 0 Å². The van der Waals surface area contributed by atoms with Gasteiger partial charge in [0.05, 0.1) is 17.0 Å². The first kappa shape index (κ1) is 17.7. The van der Waals surface area contributed by atoms with Gasteiger partial charge in [0.1, 0.15) is 0 Å². The molecule has 0 aliphatic heterocycles. The first-order valence-corrected chi connectivity index (χ1v) is 9.92. The Bertz CT molecular complexity index is 818. The molecule has 1 amide bonds. The minimum atomic E-state index is -0.194. The van der Waals surface area contributed by atoms with Crippen LogP contribution < -0.4 is 5.32 Å². The van der Waals surface area contributed by atoms with Crippen molar-refractivity contribution in [2.45, 2.75) is 29.5 Å². The Balaban J connectivity index is 1.59. The molecule has 25 heavy (non-hydrogen) atoms. The number of benzene rings is 2. The monoisotopic (exact) mass is 368 g/mol. The number of hydrogen-bond acceptors (Lipinski definition) is 4. The molecule has 0 saturated carbocycles. The third-order valence-corrected chi connectivity index (χ3v) is 5.93. The molecule has 0 aliphatic carbocycles. The van der Waals surface area contributed by atoms with Gasteiger partial charge in [0.15, 0.2) is 4.34 Å². The summed E-state index contributed by atoms with van der Waals surface area (Å²) in [7, 11) is 0. The maximum Gasteiger partial charge on any atom is 0.233 e. The van der Waals surface area contributed by atoms with Gasteiger partial charge in [-0.25, -0.2) is 4.98 Å². The molecule has 0 spiro atoms. The van der Waals surface area contributed by atoms with Crippen molar-refractivity contribution in [3.05, 3.63) is 71.6 Å². The van der Waals surface area contributed by atoms with Gasteiger partial charge in [0.25, 0.3) is 0 Å². The molecule has 1 aromatic heterocycles. The van der Waals surface area contributed by atoms with Crippen molar-refractivity contribution >= 4 is 29.0 Å². The van der Waals surface area contributed by atoms with Crippen LogP contribution in [0.25, 0.3) is 11.3 Å². The van der Waals surface area contributed by atoms with Crippen molar-refractivity contribution < 1.29 is 4.79 Å². The maximum absolute atomic E-state index is 12.5. The van der Waals surface area contributed by atoms with Crippen LogP contribution >= 0.6 is 23.1 Å². The van der Waals surface area contributed by atoms with Crippen molar-refractivity contribution in [2.75, 3.05) is 0 Å². The average molecular weight is 369 g/mol. The normalized spacial score (nSPS) is 13.2. The summed E-state index contributed by atoms with van der Waals surface area (Å²) in [5, 5.41) is 4.91. The van der Waals surface area contributed by atoms with Gasteiger partial charge >= 0.3 is 0 Å². The highest BCUT2D eigenvalue weighted by atomic mass is 32.2. The van der Waals surface area contributed by atoms with E-state index in [2.05, 4.69) is 10.3 Å². The lowest BCUT2D eigenvalue weighted by atomic mass is 10.1. The summed E-state index contributed by atoms with van der Waals surface area (Å²) >= 11 is 3.08. The van der Waals surface area contributed by atoms with Crippen LogP contribution in [0.2, 0.25) is 0 Å². The number of aromatic nitrogens is 1. The van der Waals surface area contributed by atoms with Gasteiger partial charge in [0.2, 0.25) is 5.91 Å². The van der Waals surface area contributed by atoms with Gasteiger partial charge in [-0.15, -0.1) is 11.3 Å². The number of carbonyl (C=O) groups excluding carboxylic acids is 1. The molecule has 3 aromatic rings. The molecule has 0 bridgehead atoms. The summed E-state index contributed by atoms with van der Waals surface area (Å²) in [5.74, 6) is 0.0258. The fourth-order valence-electron chi connectivity index (χ4n) is 2.41. The molecule has 1 heterocycles. The molecule has 0 radical (unpaired) electrons. The van der Waals surface area contributed by atoms with E-state index in [4.69, 9.17) is 0 Å². The van der Waals surface area contributed by atoms with Gasteiger partial charge in [-0.05, 0) is 19.4 Å². The Morgan fingerprint density at radius 2 is 1.68 bits per heavy atom. The van der Waals surface area contributed by atoms with Crippen LogP contribution in [0.4, 0.5) is 0 Å². The molecule has 3 rings (SSSR count). The van der Waals surface area contributed by atoms with Crippen LogP contribution in [-0.4, -0.2) is 16.1 Å². The Kier molecular flexibility index (Phi) is 5.89. The molecule has 2 unspecified atom stereocenters. The molecule has 0 saturated heterocycles. The van der Waals surface area contributed by atoms with E-state index in [1.54, 1.807) is 11.3 Å². The molecular formula is C20H20N2OS2. The number of rotatable bonds is 6. The molecule has 0 aliphatic rings. The quantitative estimate of drug-likeness (QED) is 0.611. The number of thiazole rings is 1. The SMILES string of the molecule is CC(Sc1nc(-c2ccccc2)cs1)C(=O)NC(C)c1ccccc1. The minimum absolute atomic E-state index is 0.00655. The number of nitrogens with zero attached hydrogens (tertiary/aromatic N) is 1. The zero-order valence-electron chi connectivity index (χ0n) is 14.2. The third kappa shape index (κ3) is 4.71. The van der Waals surface area contributed by atoms with Crippen LogP contribution in [0.3, 0.4) is 0 Å². The number of carbonyl (C=O) groups is 1. The summed E-state index contributed by atoms with van der Waals surface area (Å²) in [4.78, 5) is 17.1. The summed E-state index contributed by atoms with van der Waals surface area (Å²) in [6, 6.07) is 20.1. The van der Waals surface area contributed by atoms with E-state index in [-0.39, 0.29) is 17.2 Å². The molecule has 2 atom stereocenters. The molecule has 1 N–H and O–H groups in total. The molecular weight excluding hydrogens is 348 g/mol. The van der Waals surface area contributed by atoms with E-state index >= 15 is 0 Å². The minimum Gasteiger partial charge on any atom is -0.349 e. The van der Waals surface area contributed by atoms with Gasteiger partial charge in [-0.2, -0.15) is 0 Å². The summed E-state index contributed by atoms with van der Waals surface area (Å²) < 4.78 is 0.911. The second-order valence-electron chi connectivity index (χ2n) is 5.77. The fraction of sp³-hybridized carbons (Fsp3) is 0.200. The zero-order chi connectivity index (χ0) is 17.6. The highest BCUT2D eigenvalue weighted by molar-refractivity contribution is 8.02. The fourth-order valence-corrected chi connectivity index (χ4v) is 4.39. The van der Waals surface area contributed by atoms with Crippen LogP contribution in [0.5, 0.6) is 0 Å². The van der Waals surface area contributed by atoms with Crippen LogP contribution in [0.1, 0.15) is 25.5 Å². The Hall–Kier alpha value is -2.11. The molecule has 0 fully saturated rings. The number of amides is 1. The average Bonchev–Trinajstić information content (AvgIpc) is 3.11. The first-order valence-electron chi connectivity index (χ1n) is 8.16. The van der Waals surface area contributed by atoms with E-state index in [0.717, 1.165) is 21.2 Å². The Labute approximate surface area is 156 Å². The molecule has 128 valence electrons. The highest BCUT2D eigenvalue weighted by Crippen LogP contribution is 2.31. The van der Waals surface area contributed by atoms with Crippen LogP contribution in [0.15, 0.2) is 70.4 Å². The van der Waals surface area contributed by atoms with E-state index in [0.29, 0.717) is 0 Å². The van der Waals surface area contributed by atoms with Gasteiger partial charge in [0, 0.05) is 10.9 Å². The lowest BCUT2D eigenvalue weighted by Crippen LogP contribution is -2.33. The van der Waals surface area contributed by atoms with E-state index in [1.165, 1.54) is 11.8 Å². The Morgan fingerprint density at radius 1 is 1.04 bits per heavy atom. The lowest BCUT2D eigenvalue weighted by Gasteiger charge is -2.17. The second kappa shape index (κ2) is 8.32. The van der Waals surface area contributed by atoms with Crippen molar-refractivity contribution in [3.8, 4) is 11.3 Å². The van der Waals surface area contributed by atoms with Crippen molar-refractivity contribution in [1.82, 2.24) is 10.3 Å².